The lowest BCUT2D eigenvalue weighted by atomic mass is 9.91. The number of carbonyl (C=O) groups is 1. The molecule has 1 aliphatic carbocycles. The fourth-order valence-corrected chi connectivity index (χ4v) is 3.96. The number of hydrogen-bond donors (Lipinski definition) is 2. The Labute approximate surface area is 179 Å². The van der Waals surface area contributed by atoms with Crippen LogP contribution in [0.1, 0.15) is 47.3 Å². The number of aromatic amines is 1. The Hall–Kier alpha value is -3.87. The Morgan fingerprint density at radius 2 is 2.10 bits per heavy atom. The summed E-state index contributed by atoms with van der Waals surface area (Å²) in [6.07, 6.45) is 11.8. The van der Waals surface area contributed by atoms with Gasteiger partial charge in [-0.3, -0.25) is 0 Å². The highest BCUT2D eigenvalue weighted by Crippen LogP contribution is 2.31. The number of ether oxygens (including phenoxy) is 1. The van der Waals surface area contributed by atoms with E-state index in [1.165, 1.54) is 12.0 Å². The van der Waals surface area contributed by atoms with E-state index in [9.17, 15) is 4.79 Å². The van der Waals surface area contributed by atoms with E-state index in [0.29, 0.717) is 17.9 Å². The van der Waals surface area contributed by atoms with Crippen LogP contribution < -0.4 is 10.2 Å². The first-order valence-electron chi connectivity index (χ1n) is 10.5. The van der Waals surface area contributed by atoms with Gasteiger partial charge in [-0.1, -0.05) is 30.3 Å². The van der Waals surface area contributed by atoms with Crippen molar-refractivity contribution in [1.29, 1.82) is 0 Å². The third kappa shape index (κ3) is 3.94. The van der Waals surface area contributed by atoms with Crippen molar-refractivity contribution in [2.45, 2.75) is 32.2 Å². The highest BCUT2D eigenvalue weighted by molar-refractivity contribution is 5.98. The molecule has 0 unspecified atom stereocenters. The molecule has 0 bridgehead atoms. The van der Waals surface area contributed by atoms with Gasteiger partial charge in [0.15, 0.2) is 0 Å². The molecular formula is C24H23N5O2. The molecule has 2 aromatic carbocycles. The number of allylic oxidation sites excluding steroid dienone is 2. The molecule has 0 aliphatic heterocycles. The fourth-order valence-electron chi connectivity index (χ4n) is 3.96. The van der Waals surface area contributed by atoms with Crippen molar-refractivity contribution >= 4 is 22.4 Å². The average molecular weight is 413 g/mol. The molecule has 0 amide bonds. The van der Waals surface area contributed by atoms with Gasteiger partial charge in [0.05, 0.1) is 41.2 Å². The number of hydrogen-bond acceptors (Lipinski definition) is 5. The number of fused-ring (bicyclic) bond motifs is 1. The van der Waals surface area contributed by atoms with Gasteiger partial charge < -0.3 is 15.1 Å². The Bertz CT molecular complexity index is 1240. The molecule has 0 fully saturated rings. The van der Waals surface area contributed by atoms with Crippen molar-refractivity contribution in [2.75, 3.05) is 5.43 Å². The van der Waals surface area contributed by atoms with Crippen molar-refractivity contribution in [3.63, 3.8) is 0 Å². The lowest BCUT2D eigenvalue weighted by Crippen LogP contribution is -2.15. The van der Waals surface area contributed by atoms with Crippen LogP contribution in [0.3, 0.4) is 0 Å². The van der Waals surface area contributed by atoms with Crippen molar-refractivity contribution in [3.8, 4) is 5.75 Å². The van der Waals surface area contributed by atoms with Gasteiger partial charge in [-0.05, 0) is 55.0 Å². The largest absolute Gasteiger partial charge is 0.422 e. The molecule has 0 saturated carbocycles. The minimum absolute atomic E-state index is 0.355. The number of rotatable bonds is 6. The summed E-state index contributed by atoms with van der Waals surface area (Å²) in [4.78, 5) is 21.9. The van der Waals surface area contributed by atoms with Crippen molar-refractivity contribution in [2.24, 2.45) is 0 Å². The molecule has 1 aliphatic rings. The van der Waals surface area contributed by atoms with Gasteiger partial charge in [0.1, 0.15) is 5.75 Å². The van der Waals surface area contributed by atoms with E-state index in [0.717, 1.165) is 41.4 Å². The maximum Gasteiger partial charge on any atom is 0.344 e. The van der Waals surface area contributed by atoms with Crippen LogP contribution in [0.25, 0.3) is 16.5 Å². The smallest absolute Gasteiger partial charge is 0.344 e. The molecule has 0 atom stereocenters. The number of carbonyl (C=O) groups excluding carboxylic acids is 1. The second-order valence-electron chi connectivity index (χ2n) is 7.55. The van der Waals surface area contributed by atoms with E-state index < -0.39 is 0 Å². The molecule has 156 valence electrons. The zero-order chi connectivity index (χ0) is 21.0. The van der Waals surface area contributed by atoms with E-state index in [-0.39, 0.29) is 5.97 Å². The van der Waals surface area contributed by atoms with Crippen LogP contribution in [-0.4, -0.2) is 25.8 Å². The van der Waals surface area contributed by atoms with E-state index in [1.807, 2.05) is 42.6 Å². The van der Waals surface area contributed by atoms with E-state index >= 15 is 0 Å². The Morgan fingerprint density at radius 3 is 2.94 bits per heavy atom. The summed E-state index contributed by atoms with van der Waals surface area (Å²) in [6.45, 7) is 0.521. The molecule has 0 radical (unpaired) electrons. The van der Waals surface area contributed by atoms with Crippen LogP contribution in [-0.2, 0) is 6.54 Å². The Balaban J connectivity index is 1.40. The molecule has 2 N–H and O–H groups in total. The predicted octanol–water partition coefficient (Wildman–Crippen LogP) is 4.68. The third-order valence-corrected chi connectivity index (χ3v) is 5.52. The third-order valence-electron chi connectivity index (χ3n) is 5.52. The molecule has 2 aromatic heterocycles. The van der Waals surface area contributed by atoms with Crippen molar-refractivity contribution in [3.05, 3.63) is 84.1 Å². The zero-order valence-corrected chi connectivity index (χ0v) is 17.0. The number of esters is 1. The summed E-state index contributed by atoms with van der Waals surface area (Å²) < 4.78 is 5.84. The van der Waals surface area contributed by atoms with Gasteiger partial charge in [0.2, 0.25) is 0 Å². The van der Waals surface area contributed by atoms with Crippen LogP contribution >= 0.6 is 0 Å². The second-order valence-corrected chi connectivity index (χ2v) is 7.55. The van der Waals surface area contributed by atoms with Crippen LogP contribution in [0.5, 0.6) is 5.75 Å². The van der Waals surface area contributed by atoms with Gasteiger partial charge in [-0.25, -0.2) is 9.78 Å². The molecule has 0 spiro atoms. The van der Waals surface area contributed by atoms with Gasteiger partial charge >= 0.3 is 5.97 Å². The summed E-state index contributed by atoms with van der Waals surface area (Å²) in [5.41, 5.74) is 7.70. The molecular weight excluding hydrogens is 390 g/mol. The van der Waals surface area contributed by atoms with Crippen LogP contribution in [0.4, 0.5) is 0 Å². The van der Waals surface area contributed by atoms with Crippen LogP contribution in [0.2, 0.25) is 0 Å². The lowest BCUT2D eigenvalue weighted by molar-refractivity contribution is 0.0737. The van der Waals surface area contributed by atoms with E-state index in [1.54, 1.807) is 23.4 Å². The van der Waals surface area contributed by atoms with Gasteiger partial charge in [-0.2, -0.15) is 9.89 Å². The van der Waals surface area contributed by atoms with Gasteiger partial charge in [-0.15, -0.1) is 0 Å². The molecule has 7 nitrogen and oxygen atoms in total. The first-order valence-corrected chi connectivity index (χ1v) is 10.5. The minimum Gasteiger partial charge on any atom is -0.422 e. The number of H-pyrrole nitrogens is 1. The minimum atomic E-state index is -0.355. The molecule has 4 aromatic rings. The average Bonchev–Trinajstić information content (AvgIpc) is 3.49. The van der Waals surface area contributed by atoms with Crippen LogP contribution in [0.15, 0.2) is 67.3 Å². The Kier molecular flexibility index (Phi) is 5.22. The van der Waals surface area contributed by atoms with Crippen molar-refractivity contribution in [1.82, 2.24) is 19.9 Å². The monoisotopic (exact) mass is 413 g/mol. The molecule has 0 saturated heterocycles. The quantitative estimate of drug-likeness (QED) is 0.354. The summed E-state index contributed by atoms with van der Waals surface area (Å²) in [7, 11) is 0. The first kappa shape index (κ1) is 19.1. The molecule has 2 heterocycles. The summed E-state index contributed by atoms with van der Waals surface area (Å²) in [5.74, 6) is 0.134. The van der Waals surface area contributed by atoms with Gasteiger partial charge in [0.25, 0.3) is 0 Å². The highest BCUT2D eigenvalue weighted by atomic mass is 16.5. The number of aromatic nitrogens is 4. The highest BCUT2D eigenvalue weighted by Gasteiger charge is 2.19. The standard InChI is InChI=1S/C24H23N5O2/c30-24(20-10-5-4-9-19(20)17-7-2-1-3-8-17)31-23-12-6-11-22-21(23)15-28-29(22)27-14-18-13-25-16-26-18/h4-7,9-13,15-16,27H,1-3,8,14H2,(H,25,26). The van der Waals surface area contributed by atoms with E-state index in [4.69, 9.17) is 4.74 Å². The lowest BCUT2D eigenvalue weighted by Gasteiger charge is -2.16. The maximum atomic E-state index is 13.1. The summed E-state index contributed by atoms with van der Waals surface area (Å²) in [5, 5.41) is 5.16. The van der Waals surface area contributed by atoms with Crippen LogP contribution in [0, 0.1) is 0 Å². The maximum absolute atomic E-state index is 13.1. The SMILES string of the molecule is O=C(Oc1cccc2c1cnn2NCc1c[nH]cn1)c1ccccc1C1=CCCCC1. The zero-order valence-electron chi connectivity index (χ0n) is 17.0. The Morgan fingerprint density at radius 1 is 1.16 bits per heavy atom. The number of imidazole rings is 1. The second kappa shape index (κ2) is 8.47. The molecule has 5 rings (SSSR count). The first-order chi connectivity index (χ1) is 15.3. The summed E-state index contributed by atoms with van der Waals surface area (Å²) >= 11 is 0. The number of benzene rings is 2. The van der Waals surface area contributed by atoms with E-state index in [2.05, 4.69) is 26.6 Å². The summed E-state index contributed by atoms with van der Waals surface area (Å²) in [6, 6.07) is 13.3. The normalized spacial score (nSPS) is 13.7. The number of nitrogens with zero attached hydrogens (tertiary/aromatic N) is 3. The number of nitrogens with one attached hydrogen (secondary N) is 2. The topological polar surface area (TPSA) is 84.8 Å². The van der Waals surface area contributed by atoms with Crippen molar-refractivity contribution < 1.29 is 9.53 Å². The van der Waals surface area contributed by atoms with Gasteiger partial charge in [0, 0.05) is 6.20 Å². The fraction of sp³-hybridized carbons (Fsp3) is 0.208. The molecule has 31 heavy (non-hydrogen) atoms. The molecule has 7 heteroatoms. The predicted molar refractivity (Wildman–Crippen MR) is 119 cm³/mol.